The lowest BCUT2D eigenvalue weighted by molar-refractivity contribution is -0.141. The fourth-order valence-electron chi connectivity index (χ4n) is 1.46. The normalized spacial score (nSPS) is 24.3. The number of thioether (sulfide) groups is 1. The number of hydrogen-bond donors (Lipinski definition) is 1. The monoisotopic (exact) mass is 203 g/mol. The summed E-state index contributed by atoms with van der Waals surface area (Å²) in [7, 11) is 1.43. The van der Waals surface area contributed by atoms with Crippen molar-refractivity contribution < 1.29 is 9.53 Å². The highest BCUT2D eigenvalue weighted by Crippen LogP contribution is 2.17. The minimum atomic E-state index is -0.134. The Labute approximate surface area is 83.6 Å². The van der Waals surface area contributed by atoms with Gasteiger partial charge in [-0.2, -0.15) is 11.8 Å². The SMILES string of the molecule is COC(=O)CC(C)NC1CCSC1. The van der Waals surface area contributed by atoms with E-state index < -0.39 is 0 Å². The Morgan fingerprint density at radius 1 is 1.77 bits per heavy atom. The van der Waals surface area contributed by atoms with Gasteiger partial charge in [0, 0.05) is 17.8 Å². The number of methoxy groups -OCH3 is 1. The summed E-state index contributed by atoms with van der Waals surface area (Å²) in [5, 5.41) is 3.42. The van der Waals surface area contributed by atoms with Crippen LogP contribution < -0.4 is 5.32 Å². The largest absolute Gasteiger partial charge is 0.469 e. The van der Waals surface area contributed by atoms with E-state index in [0.29, 0.717) is 12.5 Å². The molecule has 1 saturated heterocycles. The summed E-state index contributed by atoms with van der Waals surface area (Å²) in [4.78, 5) is 10.9. The molecule has 1 fully saturated rings. The standard InChI is InChI=1S/C9H17NO2S/c1-7(5-9(11)12-2)10-8-3-4-13-6-8/h7-8,10H,3-6H2,1-2H3. The van der Waals surface area contributed by atoms with E-state index in [1.165, 1.54) is 25.0 Å². The molecule has 0 saturated carbocycles. The maximum Gasteiger partial charge on any atom is 0.307 e. The maximum absolute atomic E-state index is 10.9. The topological polar surface area (TPSA) is 38.3 Å². The molecule has 0 radical (unpaired) electrons. The second-order valence-corrected chi connectivity index (χ2v) is 4.56. The molecule has 0 aliphatic carbocycles. The van der Waals surface area contributed by atoms with Crippen LogP contribution in [0, 0.1) is 0 Å². The fraction of sp³-hybridized carbons (Fsp3) is 0.889. The fourth-order valence-corrected chi connectivity index (χ4v) is 2.63. The molecule has 1 rings (SSSR count). The Kier molecular flexibility index (Phi) is 4.59. The van der Waals surface area contributed by atoms with Crippen LogP contribution in [0.3, 0.4) is 0 Å². The van der Waals surface area contributed by atoms with Gasteiger partial charge in [0.1, 0.15) is 0 Å². The first-order chi connectivity index (χ1) is 6.22. The Balaban J connectivity index is 2.16. The minimum Gasteiger partial charge on any atom is -0.469 e. The van der Waals surface area contributed by atoms with Crippen molar-refractivity contribution in [3.05, 3.63) is 0 Å². The van der Waals surface area contributed by atoms with Crippen molar-refractivity contribution in [3.8, 4) is 0 Å². The van der Waals surface area contributed by atoms with Crippen molar-refractivity contribution in [1.82, 2.24) is 5.32 Å². The van der Waals surface area contributed by atoms with Crippen LogP contribution in [0.5, 0.6) is 0 Å². The van der Waals surface area contributed by atoms with E-state index in [0.717, 1.165) is 0 Å². The van der Waals surface area contributed by atoms with Crippen molar-refractivity contribution in [1.29, 1.82) is 0 Å². The van der Waals surface area contributed by atoms with Crippen LogP contribution in [0.4, 0.5) is 0 Å². The van der Waals surface area contributed by atoms with E-state index in [1.807, 2.05) is 18.7 Å². The number of esters is 1. The third-order valence-electron chi connectivity index (χ3n) is 2.15. The molecule has 4 heteroatoms. The lowest BCUT2D eigenvalue weighted by atomic mass is 10.2. The molecule has 1 aliphatic rings. The number of carbonyl (C=O) groups is 1. The van der Waals surface area contributed by atoms with Crippen LogP contribution >= 0.6 is 11.8 Å². The molecule has 13 heavy (non-hydrogen) atoms. The Bertz CT molecular complexity index is 169. The van der Waals surface area contributed by atoms with Crippen LogP contribution in [-0.2, 0) is 9.53 Å². The van der Waals surface area contributed by atoms with E-state index in [1.54, 1.807) is 0 Å². The quantitative estimate of drug-likeness (QED) is 0.693. The summed E-state index contributed by atoms with van der Waals surface area (Å²) >= 11 is 1.97. The number of rotatable bonds is 4. The third kappa shape index (κ3) is 4.00. The summed E-state index contributed by atoms with van der Waals surface area (Å²) in [5.74, 6) is 2.28. The van der Waals surface area contributed by atoms with Gasteiger partial charge in [0.15, 0.2) is 0 Å². The van der Waals surface area contributed by atoms with Gasteiger partial charge in [-0.25, -0.2) is 0 Å². The lowest BCUT2D eigenvalue weighted by Gasteiger charge is -2.17. The number of carbonyl (C=O) groups excluding carboxylic acids is 1. The third-order valence-corrected chi connectivity index (χ3v) is 3.31. The molecule has 0 spiro atoms. The molecule has 0 bridgehead atoms. The van der Waals surface area contributed by atoms with Gasteiger partial charge in [0.25, 0.3) is 0 Å². The zero-order valence-electron chi connectivity index (χ0n) is 8.21. The van der Waals surface area contributed by atoms with E-state index in [-0.39, 0.29) is 12.0 Å². The highest BCUT2D eigenvalue weighted by atomic mass is 32.2. The first-order valence-corrected chi connectivity index (χ1v) is 5.78. The van der Waals surface area contributed by atoms with Crippen molar-refractivity contribution in [2.45, 2.75) is 31.8 Å². The summed E-state index contributed by atoms with van der Waals surface area (Å²) in [6, 6.07) is 0.820. The summed E-state index contributed by atoms with van der Waals surface area (Å²) in [5.41, 5.74) is 0. The molecule has 0 aromatic carbocycles. The highest BCUT2D eigenvalue weighted by molar-refractivity contribution is 7.99. The van der Waals surface area contributed by atoms with Gasteiger partial charge >= 0.3 is 5.97 Å². The molecule has 1 aliphatic heterocycles. The second-order valence-electron chi connectivity index (χ2n) is 3.41. The van der Waals surface area contributed by atoms with Crippen molar-refractivity contribution >= 4 is 17.7 Å². The molecule has 0 aromatic heterocycles. The van der Waals surface area contributed by atoms with E-state index in [9.17, 15) is 4.79 Å². The first-order valence-electron chi connectivity index (χ1n) is 4.63. The Hall–Kier alpha value is -0.220. The Morgan fingerprint density at radius 3 is 3.08 bits per heavy atom. The van der Waals surface area contributed by atoms with E-state index >= 15 is 0 Å². The summed E-state index contributed by atoms with van der Waals surface area (Å²) in [6.07, 6.45) is 1.69. The molecule has 1 heterocycles. The molecular weight excluding hydrogens is 186 g/mol. The molecule has 76 valence electrons. The minimum absolute atomic E-state index is 0.134. The first kappa shape index (κ1) is 10.9. The van der Waals surface area contributed by atoms with Crippen molar-refractivity contribution in [2.24, 2.45) is 0 Å². The maximum atomic E-state index is 10.9. The molecular formula is C9H17NO2S. The average Bonchev–Trinajstić information content (AvgIpc) is 2.56. The predicted molar refractivity (Wildman–Crippen MR) is 55.0 cm³/mol. The van der Waals surface area contributed by atoms with Gasteiger partial charge in [-0.05, 0) is 19.1 Å². The van der Waals surface area contributed by atoms with Gasteiger partial charge in [-0.15, -0.1) is 0 Å². The Morgan fingerprint density at radius 2 is 2.54 bits per heavy atom. The number of nitrogens with one attached hydrogen (secondary N) is 1. The molecule has 3 nitrogen and oxygen atoms in total. The summed E-state index contributed by atoms with van der Waals surface area (Å²) < 4.78 is 4.60. The molecule has 0 aromatic rings. The zero-order valence-corrected chi connectivity index (χ0v) is 9.02. The number of hydrogen-bond acceptors (Lipinski definition) is 4. The summed E-state index contributed by atoms with van der Waals surface area (Å²) in [6.45, 7) is 2.03. The molecule has 2 atom stereocenters. The van der Waals surface area contributed by atoms with Crippen LogP contribution in [-0.4, -0.2) is 36.7 Å². The smallest absolute Gasteiger partial charge is 0.307 e. The molecule has 2 unspecified atom stereocenters. The van der Waals surface area contributed by atoms with Gasteiger partial charge in [0.05, 0.1) is 13.5 Å². The zero-order chi connectivity index (χ0) is 9.68. The van der Waals surface area contributed by atoms with Crippen molar-refractivity contribution in [3.63, 3.8) is 0 Å². The van der Waals surface area contributed by atoms with Gasteiger partial charge in [-0.3, -0.25) is 4.79 Å². The van der Waals surface area contributed by atoms with Gasteiger partial charge < -0.3 is 10.1 Å². The van der Waals surface area contributed by atoms with Crippen LogP contribution in [0.25, 0.3) is 0 Å². The van der Waals surface area contributed by atoms with Gasteiger partial charge in [0.2, 0.25) is 0 Å². The molecule has 1 N–H and O–H groups in total. The second kappa shape index (κ2) is 5.50. The van der Waals surface area contributed by atoms with E-state index in [4.69, 9.17) is 0 Å². The van der Waals surface area contributed by atoms with Crippen LogP contribution in [0.2, 0.25) is 0 Å². The van der Waals surface area contributed by atoms with E-state index in [2.05, 4.69) is 10.1 Å². The number of ether oxygens (including phenoxy) is 1. The highest BCUT2D eigenvalue weighted by Gasteiger charge is 2.18. The predicted octanol–water partition coefficient (Wildman–Crippen LogP) is 1.03. The molecule has 0 amide bonds. The lowest BCUT2D eigenvalue weighted by Crippen LogP contribution is -2.37. The van der Waals surface area contributed by atoms with Crippen LogP contribution in [0.15, 0.2) is 0 Å². The average molecular weight is 203 g/mol. The van der Waals surface area contributed by atoms with Crippen LogP contribution in [0.1, 0.15) is 19.8 Å². The van der Waals surface area contributed by atoms with Crippen molar-refractivity contribution in [2.75, 3.05) is 18.6 Å². The van der Waals surface area contributed by atoms with Gasteiger partial charge in [-0.1, -0.05) is 0 Å².